The Morgan fingerprint density at radius 1 is 0.611 bits per heavy atom. The van der Waals surface area contributed by atoms with Crippen molar-refractivity contribution in [3.8, 4) is 0 Å². The highest BCUT2D eigenvalue weighted by molar-refractivity contribution is 6.20. The normalized spacial score (nSPS) is 28.2. The quantitative estimate of drug-likeness (QED) is 0.581. The first-order chi connectivity index (χ1) is 17.7. The summed E-state index contributed by atoms with van der Waals surface area (Å²) in [5.74, 6) is 0. The third kappa shape index (κ3) is 4.41. The van der Waals surface area contributed by atoms with E-state index in [0.29, 0.717) is 0 Å². The molecule has 1 atom stereocenters. The van der Waals surface area contributed by atoms with Crippen molar-refractivity contribution in [2.75, 3.05) is 0 Å². The highest BCUT2D eigenvalue weighted by atomic mass is 14.9. The Morgan fingerprint density at radius 2 is 1.33 bits per heavy atom. The fourth-order valence-electron chi connectivity index (χ4n) is 4.88. The molecular weight excluding hydrogens is 444 g/mol. The van der Waals surface area contributed by atoms with Gasteiger partial charge in [0.15, 0.2) is 0 Å². The molecule has 5 aliphatic rings. The Hall–Kier alpha value is -4.58. The number of nitrogens with zero attached hydrogens (tertiary/aromatic N) is 4. The molecule has 6 heteroatoms. The number of aliphatic imine (C=N–C) groups is 4. The molecule has 36 heavy (non-hydrogen) atoms. The molecule has 12 bridgehead atoms. The van der Waals surface area contributed by atoms with Gasteiger partial charge < -0.3 is 9.97 Å². The van der Waals surface area contributed by atoms with Gasteiger partial charge in [0.25, 0.3) is 0 Å². The molecule has 5 aliphatic heterocycles. The molecule has 2 aromatic heterocycles. The summed E-state index contributed by atoms with van der Waals surface area (Å²) >= 11 is 0. The number of hydrogen-bond acceptors (Lipinski definition) is 4. The zero-order valence-corrected chi connectivity index (χ0v) is 19.6. The van der Waals surface area contributed by atoms with Gasteiger partial charge >= 0.3 is 0 Å². The van der Waals surface area contributed by atoms with Crippen LogP contribution in [0.1, 0.15) is 30.7 Å². The monoisotopic (exact) mass is 468 g/mol. The summed E-state index contributed by atoms with van der Waals surface area (Å²) < 4.78 is 0. The van der Waals surface area contributed by atoms with Gasteiger partial charge in [0.2, 0.25) is 0 Å². The van der Waals surface area contributed by atoms with Crippen LogP contribution in [0.2, 0.25) is 0 Å². The molecule has 0 saturated carbocycles. The third-order valence-corrected chi connectivity index (χ3v) is 6.58. The van der Waals surface area contributed by atoms with Crippen LogP contribution >= 0.6 is 0 Å². The molecule has 174 valence electrons. The smallest absolute Gasteiger partial charge is 0.0742 e. The van der Waals surface area contributed by atoms with Crippen LogP contribution in [0.5, 0.6) is 0 Å². The second-order valence-corrected chi connectivity index (χ2v) is 9.40. The van der Waals surface area contributed by atoms with Gasteiger partial charge in [-0.1, -0.05) is 6.08 Å². The van der Waals surface area contributed by atoms with E-state index in [1.807, 2.05) is 36.5 Å². The third-order valence-electron chi connectivity index (χ3n) is 6.58. The van der Waals surface area contributed by atoms with E-state index in [2.05, 4.69) is 64.6 Å². The zero-order chi connectivity index (χ0) is 23.9. The van der Waals surface area contributed by atoms with Crippen molar-refractivity contribution >= 4 is 47.2 Å². The van der Waals surface area contributed by atoms with E-state index in [9.17, 15) is 0 Å². The first-order valence-corrected chi connectivity index (χ1v) is 12.3. The minimum Gasteiger partial charge on any atom is -0.355 e. The second kappa shape index (κ2) is 8.57. The van der Waals surface area contributed by atoms with Crippen LogP contribution in [-0.4, -0.2) is 38.9 Å². The van der Waals surface area contributed by atoms with Crippen LogP contribution in [0.4, 0.5) is 0 Å². The number of hydrogen-bond donors (Lipinski definition) is 2. The first-order valence-electron chi connectivity index (χ1n) is 12.3. The maximum atomic E-state index is 4.90. The highest BCUT2D eigenvalue weighted by Gasteiger charge is 2.18. The molecule has 0 radical (unpaired) electrons. The Kier molecular flexibility index (Phi) is 4.94. The van der Waals surface area contributed by atoms with Crippen molar-refractivity contribution in [2.45, 2.75) is 25.3 Å². The van der Waals surface area contributed by atoms with Gasteiger partial charge in [0.1, 0.15) is 0 Å². The lowest BCUT2D eigenvalue weighted by Crippen LogP contribution is -2.12. The van der Waals surface area contributed by atoms with E-state index in [4.69, 9.17) is 20.0 Å². The largest absolute Gasteiger partial charge is 0.355 e. The van der Waals surface area contributed by atoms with Gasteiger partial charge in [-0.2, -0.15) is 0 Å². The Bertz CT molecular complexity index is 1700. The number of fused-ring (bicyclic) bond motifs is 8. The standard InChI is InChI=1S/C30H24N6/c1-2-20-14-22-5-6-24(33-22)16-26-9-10-28(35-26)18-30-12-11-29(36-30)17-27-8-7-25(34-27)15-23-4-3-21(32-23)13-19(1)31-20/h1-10,13-17,28,33-34H,11-12,18H2/b19-13-,22-14-,23-15+,24-16-,29-17-. The fraction of sp³-hybridized carbons (Fsp3) is 0.133. The molecule has 2 aromatic rings. The summed E-state index contributed by atoms with van der Waals surface area (Å²) in [6.07, 6.45) is 25.5. The lowest BCUT2D eigenvalue weighted by Gasteiger charge is -2.03. The maximum absolute atomic E-state index is 4.90. The van der Waals surface area contributed by atoms with E-state index in [-0.39, 0.29) is 6.04 Å². The minimum atomic E-state index is 0.151. The summed E-state index contributed by atoms with van der Waals surface area (Å²) in [5.41, 5.74) is 8.99. The summed E-state index contributed by atoms with van der Waals surface area (Å²) in [7, 11) is 0. The average Bonchev–Trinajstić information content (AvgIpc) is 3.68. The molecule has 0 spiro atoms. The van der Waals surface area contributed by atoms with Crippen molar-refractivity contribution in [1.82, 2.24) is 9.97 Å². The molecule has 2 N–H and O–H groups in total. The van der Waals surface area contributed by atoms with Gasteiger partial charge in [-0.15, -0.1) is 0 Å². The van der Waals surface area contributed by atoms with E-state index in [0.717, 1.165) is 75.6 Å². The molecule has 6 nitrogen and oxygen atoms in total. The number of allylic oxidation sites excluding steroid dienone is 7. The van der Waals surface area contributed by atoms with Gasteiger partial charge in [-0.25, -0.2) is 9.98 Å². The summed E-state index contributed by atoms with van der Waals surface area (Å²) in [6, 6.07) is 8.46. The predicted octanol–water partition coefficient (Wildman–Crippen LogP) is 4.21. The topological polar surface area (TPSA) is 81.0 Å². The van der Waals surface area contributed by atoms with Crippen LogP contribution in [-0.2, 0) is 0 Å². The van der Waals surface area contributed by atoms with Gasteiger partial charge in [-0.3, -0.25) is 9.98 Å². The van der Waals surface area contributed by atoms with Crippen LogP contribution in [0.15, 0.2) is 104 Å². The molecule has 0 aliphatic carbocycles. The lowest BCUT2D eigenvalue weighted by atomic mass is 10.1. The van der Waals surface area contributed by atoms with E-state index in [1.54, 1.807) is 0 Å². The zero-order valence-electron chi connectivity index (χ0n) is 19.6. The average molecular weight is 469 g/mol. The molecule has 1 unspecified atom stereocenters. The minimum absolute atomic E-state index is 0.151. The van der Waals surface area contributed by atoms with Crippen LogP contribution in [0, 0.1) is 0 Å². The molecule has 0 fully saturated rings. The fourth-order valence-corrected chi connectivity index (χ4v) is 4.88. The number of aromatic nitrogens is 2. The van der Waals surface area contributed by atoms with Crippen LogP contribution in [0.25, 0.3) is 24.3 Å². The first kappa shape index (κ1) is 20.8. The van der Waals surface area contributed by atoms with Gasteiger partial charge in [0, 0.05) is 39.9 Å². The SMILES string of the molecule is C1=C/C2=C/C3=NC(=C/c4ccc([nH]4)/C=C4/CCC(=N4)CC4C=CC(=N4)/C=c4/cc/c([nH]4)=C/C1=N2)/C=C3. The Labute approximate surface area is 208 Å². The van der Waals surface area contributed by atoms with Crippen molar-refractivity contribution in [2.24, 2.45) is 20.0 Å². The molecule has 0 aromatic carbocycles. The van der Waals surface area contributed by atoms with Gasteiger partial charge in [-0.05, 0) is 97.9 Å². The molecular formula is C30H24N6. The van der Waals surface area contributed by atoms with E-state index >= 15 is 0 Å². The van der Waals surface area contributed by atoms with Crippen LogP contribution < -0.4 is 10.7 Å². The van der Waals surface area contributed by atoms with Crippen LogP contribution in [0.3, 0.4) is 0 Å². The predicted molar refractivity (Wildman–Crippen MR) is 149 cm³/mol. The van der Waals surface area contributed by atoms with Gasteiger partial charge in [0.05, 0.1) is 34.6 Å². The second-order valence-electron chi connectivity index (χ2n) is 9.40. The van der Waals surface area contributed by atoms with E-state index < -0.39 is 0 Å². The van der Waals surface area contributed by atoms with Crippen molar-refractivity contribution < 1.29 is 0 Å². The summed E-state index contributed by atoms with van der Waals surface area (Å²) in [6.45, 7) is 0. The number of H-pyrrole nitrogens is 2. The highest BCUT2D eigenvalue weighted by Crippen LogP contribution is 2.24. The number of aromatic amines is 2. The molecule has 7 rings (SSSR count). The molecule has 7 heterocycles. The maximum Gasteiger partial charge on any atom is 0.0742 e. The number of rotatable bonds is 0. The summed E-state index contributed by atoms with van der Waals surface area (Å²) in [4.78, 5) is 26.2. The summed E-state index contributed by atoms with van der Waals surface area (Å²) in [5, 5.41) is 2.03. The van der Waals surface area contributed by atoms with Crippen molar-refractivity contribution in [3.63, 3.8) is 0 Å². The Morgan fingerprint density at radius 3 is 2.17 bits per heavy atom. The molecule has 0 saturated heterocycles. The number of nitrogens with one attached hydrogen (secondary N) is 2. The Balaban J connectivity index is 1.27. The molecule has 0 amide bonds. The van der Waals surface area contributed by atoms with E-state index in [1.165, 1.54) is 5.71 Å². The van der Waals surface area contributed by atoms with Crippen molar-refractivity contribution in [3.05, 3.63) is 106 Å². The van der Waals surface area contributed by atoms with Crippen molar-refractivity contribution in [1.29, 1.82) is 0 Å². The lowest BCUT2D eigenvalue weighted by molar-refractivity contribution is 0.867.